The van der Waals surface area contributed by atoms with Gasteiger partial charge >= 0.3 is 6.09 Å². The fourth-order valence-corrected chi connectivity index (χ4v) is 3.24. The summed E-state index contributed by atoms with van der Waals surface area (Å²) in [5, 5.41) is 15.9. The van der Waals surface area contributed by atoms with Crippen molar-refractivity contribution in [1.29, 1.82) is 0 Å². The van der Waals surface area contributed by atoms with Gasteiger partial charge in [0, 0.05) is 36.3 Å². The molecule has 0 fully saturated rings. The summed E-state index contributed by atoms with van der Waals surface area (Å²) in [4.78, 5) is 25.4. The maximum absolute atomic E-state index is 13.0. The van der Waals surface area contributed by atoms with Crippen LogP contribution in [0.4, 0.5) is 10.5 Å². The van der Waals surface area contributed by atoms with E-state index in [0.29, 0.717) is 12.1 Å². The van der Waals surface area contributed by atoms with Crippen LogP contribution in [0.2, 0.25) is 0 Å². The van der Waals surface area contributed by atoms with Crippen molar-refractivity contribution in [3.05, 3.63) is 60.3 Å². The third-order valence-corrected chi connectivity index (χ3v) is 4.55. The number of para-hydroxylation sites is 1. The zero-order valence-corrected chi connectivity index (χ0v) is 17.6. The van der Waals surface area contributed by atoms with Gasteiger partial charge in [-0.05, 0) is 56.7 Å². The Labute approximate surface area is 175 Å². The molecule has 7 nitrogen and oxygen atoms in total. The van der Waals surface area contributed by atoms with Gasteiger partial charge in [0.2, 0.25) is 5.91 Å². The number of hydrogen-bond acceptors (Lipinski definition) is 4. The van der Waals surface area contributed by atoms with Gasteiger partial charge in [-0.1, -0.05) is 18.2 Å². The quantitative estimate of drug-likeness (QED) is 0.556. The Morgan fingerprint density at radius 1 is 1.10 bits per heavy atom. The molecule has 0 bridgehead atoms. The smallest absolute Gasteiger partial charge is 0.408 e. The first-order valence-corrected chi connectivity index (χ1v) is 9.75. The van der Waals surface area contributed by atoms with Crippen molar-refractivity contribution in [1.82, 2.24) is 9.88 Å². The van der Waals surface area contributed by atoms with E-state index in [4.69, 9.17) is 4.74 Å². The molecular weight excluding hydrogens is 382 g/mol. The number of carbonyl (C=O) groups excluding carboxylic acids is 2. The summed E-state index contributed by atoms with van der Waals surface area (Å²) in [5.41, 5.74) is 1.82. The molecule has 0 aliphatic rings. The first-order chi connectivity index (χ1) is 14.1. The SMILES string of the molecule is Cn1cc(CC(NC(=O)OC(C)(C)C)C(=O)Nc2ccc(O)cc2)c2ccccc21. The minimum Gasteiger partial charge on any atom is -0.508 e. The summed E-state index contributed by atoms with van der Waals surface area (Å²) in [6.07, 6.45) is 1.60. The van der Waals surface area contributed by atoms with Crippen LogP contribution >= 0.6 is 0 Å². The standard InChI is InChI=1S/C23H27N3O4/c1-23(2,3)30-22(29)25-19(21(28)24-16-9-11-17(27)12-10-16)13-15-14-26(4)20-8-6-5-7-18(15)20/h5-12,14,19,27H,13H2,1-4H3,(H,24,28)(H,25,29). The number of aromatic nitrogens is 1. The van der Waals surface area contributed by atoms with Gasteiger partial charge in [-0.2, -0.15) is 0 Å². The van der Waals surface area contributed by atoms with E-state index in [-0.39, 0.29) is 11.7 Å². The third-order valence-electron chi connectivity index (χ3n) is 4.55. The number of nitrogens with zero attached hydrogens (tertiary/aromatic N) is 1. The Morgan fingerprint density at radius 2 is 1.77 bits per heavy atom. The molecule has 2 aromatic carbocycles. The Hall–Kier alpha value is -3.48. The molecule has 7 heteroatoms. The van der Waals surface area contributed by atoms with Gasteiger partial charge in [0.15, 0.2) is 0 Å². The van der Waals surface area contributed by atoms with Gasteiger partial charge in [0.1, 0.15) is 17.4 Å². The lowest BCUT2D eigenvalue weighted by Crippen LogP contribution is -2.47. The third kappa shape index (κ3) is 5.31. The van der Waals surface area contributed by atoms with Crippen molar-refractivity contribution < 1.29 is 19.4 Å². The predicted octanol–water partition coefficient (Wildman–Crippen LogP) is 3.96. The van der Waals surface area contributed by atoms with Crippen LogP contribution in [0.1, 0.15) is 26.3 Å². The van der Waals surface area contributed by atoms with E-state index in [9.17, 15) is 14.7 Å². The van der Waals surface area contributed by atoms with Crippen LogP contribution in [0.15, 0.2) is 54.7 Å². The average Bonchev–Trinajstić information content (AvgIpc) is 2.97. The zero-order valence-electron chi connectivity index (χ0n) is 17.6. The van der Waals surface area contributed by atoms with E-state index >= 15 is 0 Å². The van der Waals surface area contributed by atoms with Crippen LogP contribution in [-0.4, -0.2) is 33.3 Å². The van der Waals surface area contributed by atoms with Gasteiger partial charge in [0.05, 0.1) is 0 Å². The van der Waals surface area contributed by atoms with Crippen molar-refractivity contribution in [3.8, 4) is 5.75 Å². The number of ether oxygens (including phenoxy) is 1. The molecular formula is C23H27N3O4. The topological polar surface area (TPSA) is 92.6 Å². The van der Waals surface area contributed by atoms with Crippen molar-refractivity contribution in [2.24, 2.45) is 7.05 Å². The molecule has 1 atom stereocenters. The lowest BCUT2D eigenvalue weighted by molar-refractivity contribution is -0.118. The number of nitrogens with one attached hydrogen (secondary N) is 2. The number of carbonyl (C=O) groups is 2. The van der Waals surface area contributed by atoms with Crippen LogP contribution < -0.4 is 10.6 Å². The Morgan fingerprint density at radius 3 is 2.43 bits per heavy atom. The maximum Gasteiger partial charge on any atom is 0.408 e. The molecule has 0 aliphatic heterocycles. The van der Waals surface area contributed by atoms with E-state index in [0.717, 1.165) is 16.5 Å². The molecule has 0 spiro atoms. The number of phenols is 1. The number of fused-ring (bicyclic) bond motifs is 1. The second-order valence-corrected chi connectivity index (χ2v) is 8.22. The highest BCUT2D eigenvalue weighted by molar-refractivity contribution is 5.97. The summed E-state index contributed by atoms with van der Waals surface area (Å²) >= 11 is 0. The lowest BCUT2D eigenvalue weighted by atomic mass is 10.0. The van der Waals surface area contributed by atoms with Crippen LogP contribution in [0.25, 0.3) is 10.9 Å². The molecule has 30 heavy (non-hydrogen) atoms. The number of rotatable bonds is 5. The van der Waals surface area contributed by atoms with E-state index < -0.39 is 17.7 Å². The van der Waals surface area contributed by atoms with Gasteiger partial charge in [0.25, 0.3) is 0 Å². The van der Waals surface area contributed by atoms with Gasteiger partial charge in [-0.25, -0.2) is 4.79 Å². The summed E-state index contributed by atoms with van der Waals surface area (Å²) in [6, 6.07) is 13.2. The fraction of sp³-hybridized carbons (Fsp3) is 0.304. The van der Waals surface area contributed by atoms with Crippen LogP contribution in [0.5, 0.6) is 5.75 Å². The van der Waals surface area contributed by atoms with Crippen molar-refractivity contribution in [2.75, 3.05) is 5.32 Å². The molecule has 1 heterocycles. The molecule has 0 aliphatic carbocycles. The Kier molecular flexibility index (Phi) is 6.01. The van der Waals surface area contributed by atoms with Crippen molar-refractivity contribution in [3.63, 3.8) is 0 Å². The Bertz CT molecular complexity index is 1050. The number of hydrogen-bond donors (Lipinski definition) is 3. The number of phenolic OH excluding ortho intramolecular Hbond substituents is 1. The largest absolute Gasteiger partial charge is 0.508 e. The first kappa shape index (κ1) is 21.2. The van der Waals surface area contributed by atoms with Gasteiger partial charge in [-0.3, -0.25) is 4.79 Å². The highest BCUT2D eigenvalue weighted by Gasteiger charge is 2.26. The summed E-state index contributed by atoms with van der Waals surface area (Å²) < 4.78 is 7.34. The van der Waals surface area contributed by atoms with E-state index in [1.54, 1.807) is 32.9 Å². The summed E-state index contributed by atoms with van der Waals surface area (Å²) in [6.45, 7) is 5.30. The van der Waals surface area contributed by atoms with Crippen LogP contribution in [-0.2, 0) is 23.0 Å². The number of aromatic hydroxyl groups is 1. The van der Waals surface area contributed by atoms with Crippen molar-refractivity contribution >= 4 is 28.6 Å². The summed E-state index contributed by atoms with van der Waals surface area (Å²) in [5.74, 6) is -0.272. The second-order valence-electron chi connectivity index (χ2n) is 8.22. The number of alkyl carbamates (subject to hydrolysis) is 1. The van der Waals surface area contributed by atoms with Crippen LogP contribution in [0, 0.1) is 0 Å². The van der Waals surface area contributed by atoms with E-state index in [1.807, 2.05) is 42.1 Å². The summed E-state index contributed by atoms with van der Waals surface area (Å²) in [7, 11) is 1.94. The molecule has 3 aromatic rings. The molecule has 0 radical (unpaired) electrons. The first-order valence-electron chi connectivity index (χ1n) is 9.75. The number of anilines is 1. The average molecular weight is 409 g/mol. The molecule has 1 aromatic heterocycles. The zero-order chi connectivity index (χ0) is 21.9. The lowest BCUT2D eigenvalue weighted by Gasteiger charge is -2.23. The van der Waals surface area contributed by atoms with E-state index in [1.165, 1.54) is 12.1 Å². The monoisotopic (exact) mass is 409 g/mol. The molecule has 158 valence electrons. The molecule has 0 saturated carbocycles. The highest BCUT2D eigenvalue weighted by atomic mass is 16.6. The molecule has 0 saturated heterocycles. The number of amides is 2. The molecule has 1 unspecified atom stereocenters. The van der Waals surface area contributed by atoms with Crippen molar-refractivity contribution in [2.45, 2.75) is 38.8 Å². The fourth-order valence-electron chi connectivity index (χ4n) is 3.24. The number of aryl methyl sites for hydroxylation is 1. The van der Waals surface area contributed by atoms with Gasteiger partial charge in [-0.15, -0.1) is 0 Å². The predicted molar refractivity (Wildman–Crippen MR) is 117 cm³/mol. The minimum atomic E-state index is -0.848. The molecule has 3 N–H and O–H groups in total. The minimum absolute atomic E-state index is 0.104. The van der Waals surface area contributed by atoms with Gasteiger partial charge < -0.3 is 25.0 Å². The van der Waals surface area contributed by atoms with E-state index in [2.05, 4.69) is 10.6 Å². The molecule has 2 amide bonds. The Balaban J connectivity index is 1.85. The molecule has 3 rings (SSSR count). The second kappa shape index (κ2) is 8.49. The van der Waals surface area contributed by atoms with Crippen LogP contribution in [0.3, 0.4) is 0 Å². The maximum atomic E-state index is 13.0. The number of benzene rings is 2. The highest BCUT2D eigenvalue weighted by Crippen LogP contribution is 2.22. The normalized spacial score (nSPS) is 12.4.